The van der Waals surface area contributed by atoms with Crippen LogP contribution in [0.2, 0.25) is 5.02 Å². The Hall–Kier alpha value is -3.01. The van der Waals surface area contributed by atoms with Crippen LogP contribution < -0.4 is 15.8 Å². The molecule has 0 unspecified atom stereocenters. The molecule has 8 nitrogen and oxygen atoms in total. The van der Waals surface area contributed by atoms with Gasteiger partial charge in [0.1, 0.15) is 17.9 Å². The minimum absolute atomic E-state index is 0.0103. The maximum atomic E-state index is 14.5. The van der Waals surface area contributed by atoms with E-state index in [9.17, 15) is 9.18 Å². The lowest BCUT2D eigenvalue weighted by Crippen LogP contribution is -2.39. The van der Waals surface area contributed by atoms with Crippen LogP contribution in [0.4, 0.5) is 15.9 Å². The number of aromatic nitrogens is 2. The summed E-state index contributed by atoms with van der Waals surface area (Å²) >= 11 is 5.91. The Bertz CT molecular complexity index is 1180. The molecule has 1 amide bonds. The largest absolute Gasteiger partial charge is 0.496 e. The molecule has 3 N–H and O–H groups in total. The third-order valence-electron chi connectivity index (χ3n) is 5.71. The van der Waals surface area contributed by atoms with Crippen molar-refractivity contribution < 1.29 is 18.7 Å². The summed E-state index contributed by atoms with van der Waals surface area (Å²) in [4.78, 5) is 22.7. The van der Waals surface area contributed by atoms with Gasteiger partial charge in [0.15, 0.2) is 5.82 Å². The number of carbonyl (C=O) groups is 1. The fraction of sp³-hybridized carbons (Fsp3) is 0.348. The molecule has 0 radical (unpaired) electrons. The van der Waals surface area contributed by atoms with Gasteiger partial charge in [-0.3, -0.25) is 9.69 Å². The Labute approximate surface area is 195 Å². The first-order valence-corrected chi connectivity index (χ1v) is 11.0. The zero-order valence-electron chi connectivity index (χ0n) is 18.3. The maximum Gasteiger partial charge on any atom is 0.234 e. The van der Waals surface area contributed by atoms with E-state index in [2.05, 4.69) is 15.3 Å². The number of halogens is 2. The first-order chi connectivity index (χ1) is 15.9. The van der Waals surface area contributed by atoms with Crippen LogP contribution in [0.3, 0.4) is 0 Å². The number of likely N-dealkylation sites (tertiary alicyclic amines) is 1. The van der Waals surface area contributed by atoms with Gasteiger partial charge in [0.25, 0.3) is 0 Å². The third kappa shape index (κ3) is 4.85. The van der Waals surface area contributed by atoms with Crippen molar-refractivity contribution in [2.24, 2.45) is 5.73 Å². The summed E-state index contributed by atoms with van der Waals surface area (Å²) in [5, 5.41) is 3.69. The molecule has 0 bridgehead atoms. The van der Waals surface area contributed by atoms with Gasteiger partial charge in [-0.15, -0.1) is 0 Å². The predicted octanol–water partition coefficient (Wildman–Crippen LogP) is 3.64. The second-order valence-electron chi connectivity index (χ2n) is 7.79. The molecule has 0 aliphatic carbocycles. The molecule has 3 aromatic rings. The molecule has 10 heteroatoms. The van der Waals surface area contributed by atoms with Gasteiger partial charge in [-0.2, -0.15) is 0 Å². The minimum atomic E-state index is -0.567. The summed E-state index contributed by atoms with van der Waals surface area (Å²) in [5.74, 6) is 0.0800. The van der Waals surface area contributed by atoms with Gasteiger partial charge >= 0.3 is 0 Å². The van der Waals surface area contributed by atoms with E-state index in [4.69, 9.17) is 26.8 Å². The molecule has 1 aliphatic heterocycles. The van der Waals surface area contributed by atoms with Crippen molar-refractivity contribution in [2.45, 2.75) is 32.0 Å². The first-order valence-electron chi connectivity index (χ1n) is 10.6. The van der Waals surface area contributed by atoms with Crippen LogP contribution in [0.5, 0.6) is 5.75 Å². The number of primary amides is 1. The molecule has 1 saturated heterocycles. The van der Waals surface area contributed by atoms with Crippen molar-refractivity contribution in [1.82, 2.24) is 14.9 Å². The molecule has 1 aromatic heterocycles. The fourth-order valence-electron chi connectivity index (χ4n) is 4.18. The topological polar surface area (TPSA) is 103 Å². The molecular weight excluding hydrogens is 449 g/mol. The molecule has 0 spiro atoms. The zero-order valence-corrected chi connectivity index (χ0v) is 19.1. The minimum Gasteiger partial charge on any atom is -0.496 e. The monoisotopic (exact) mass is 473 g/mol. The summed E-state index contributed by atoms with van der Waals surface area (Å²) in [5.41, 5.74) is 7.29. The lowest BCUT2D eigenvalue weighted by Gasteiger charge is -2.23. The van der Waals surface area contributed by atoms with E-state index < -0.39 is 11.9 Å². The molecule has 2 aromatic carbocycles. The highest BCUT2D eigenvalue weighted by Gasteiger charge is 2.36. The van der Waals surface area contributed by atoms with Crippen molar-refractivity contribution >= 4 is 39.9 Å². The van der Waals surface area contributed by atoms with Gasteiger partial charge in [0, 0.05) is 36.7 Å². The number of nitrogens with zero attached hydrogens (tertiary/aromatic N) is 3. The quantitative estimate of drug-likeness (QED) is 0.515. The average Bonchev–Trinajstić information content (AvgIpc) is 3.19. The van der Waals surface area contributed by atoms with Gasteiger partial charge in [-0.1, -0.05) is 17.7 Å². The Balaban J connectivity index is 1.70. The zero-order chi connectivity index (χ0) is 23.5. The number of ether oxygens (including phenoxy) is 2. The lowest BCUT2D eigenvalue weighted by atomic mass is 10.1. The van der Waals surface area contributed by atoms with Crippen LogP contribution in [0.1, 0.15) is 18.9 Å². The van der Waals surface area contributed by atoms with Crippen molar-refractivity contribution in [3.8, 4) is 5.75 Å². The molecule has 174 valence electrons. The molecule has 2 atom stereocenters. The van der Waals surface area contributed by atoms with E-state index in [-0.39, 0.29) is 22.7 Å². The van der Waals surface area contributed by atoms with Crippen molar-refractivity contribution in [1.29, 1.82) is 0 Å². The lowest BCUT2D eigenvalue weighted by molar-refractivity contribution is -0.122. The number of anilines is 2. The number of hydrogen-bond donors (Lipinski definition) is 2. The molecular formula is C23H25ClFN5O3. The van der Waals surface area contributed by atoms with E-state index in [1.165, 1.54) is 12.4 Å². The van der Waals surface area contributed by atoms with Gasteiger partial charge in [-0.25, -0.2) is 14.4 Å². The first kappa shape index (κ1) is 23.2. The summed E-state index contributed by atoms with van der Waals surface area (Å²) in [6, 6.07) is 7.94. The highest BCUT2D eigenvalue weighted by molar-refractivity contribution is 6.31. The summed E-state index contributed by atoms with van der Waals surface area (Å²) < 4.78 is 25.8. The van der Waals surface area contributed by atoms with E-state index in [1.54, 1.807) is 25.3 Å². The van der Waals surface area contributed by atoms with Gasteiger partial charge in [-0.05, 0) is 31.5 Å². The average molecular weight is 474 g/mol. The van der Waals surface area contributed by atoms with Crippen LogP contribution in [0.15, 0.2) is 36.7 Å². The number of hydrogen-bond acceptors (Lipinski definition) is 7. The summed E-state index contributed by atoms with van der Waals surface area (Å²) in [6.07, 6.45) is 1.87. The summed E-state index contributed by atoms with van der Waals surface area (Å²) in [6.45, 7) is 3.48. The number of methoxy groups -OCH3 is 1. The predicted molar refractivity (Wildman–Crippen MR) is 124 cm³/mol. The fourth-order valence-corrected chi connectivity index (χ4v) is 4.35. The molecule has 33 heavy (non-hydrogen) atoms. The van der Waals surface area contributed by atoms with E-state index in [0.29, 0.717) is 48.6 Å². The molecule has 1 aliphatic rings. The summed E-state index contributed by atoms with van der Waals surface area (Å²) in [7, 11) is 1.57. The normalized spacial score (nSPS) is 18.5. The Kier molecular flexibility index (Phi) is 6.92. The Morgan fingerprint density at radius 1 is 1.36 bits per heavy atom. The SMILES string of the molecule is CCO[C@@H]1C[C@H](C(N)=O)N(Cc2cc3c(Nc4cccc(Cl)c4F)ncnc3cc2OC)C1. The van der Waals surface area contributed by atoms with Gasteiger partial charge in [0.05, 0.1) is 35.5 Å². The smallest absolute Gasteiger partial charge is 0.234 e. The van der Waals surface area contributed by atoms with Crippen LogP contribution in [-0.2, 0) is 16.1 Å². The molecule has 2 heterocycles. The number of amides is 1. The second kappa shape index (κ2) is 9.86. The standard InChI is InChI=1S/C23H25ClFN5O3/c1-3-33-14-8-19(22(26)31)30(11-14)10-13-7-15-18(9-20(13)32-2)27-12-28-23(15)29-17-6-4-5-16(24)21(17)25/h4-7,9,12,14,19H,3,8,10-11H2,1-2H3,(H2,26,31)(H,27,28,29)/t14-,19-/m1/s1. The Morgan fingerprint density at radius 2 is 2.18 bits per heavy atom. The van der Waals surface area contributed by atoms with Gasteiger partial charge in [0.2, 0.25) is 5.91 Å². The van der Waals surface area contributed by atoms with Crippen LogP contribution >= 0.6 is 11.6 Å². The molecule has 1 fully saturated rings. The number of fused-ring (bicyclic) bond motifs is 1. The number of benzene rings is 2. The number of nitrogens with one attached hydrogen (secondary N) is 1. The number of rotatable bonds is 8. The van der Waals surface area contributed by atoms with Crippen LogP contribution in [-0.4, -0.2) is 53.2 Å². The van der Waals surface area contributed by atoms with Crippen LogP contribution in [0.25, 0.3) is 10.9 Å². The van der Waals surface area contributed by atoms with E-state index >= 15 is 0 Å². The van der Waals surface area contributed by atoms with E-state index in [0.717, 1.165) is 5.56 Å². The Morgan fingerprint density at radius 3 is 2.91 bits per heavy atom. The van der Waals surface area contributed by atoms with Crippen molar-refractivity contribution in [2.75, 3.05) is 25.6 Å². The highest BCUT2D eigenvalue weighted by atomic mass is 35.5. The van der Waals surface area contributed by atoms with E-state index in [1.807, 2.05) is 17.9 Å². The maximum absolute atomic E-state index is 14.5. The third-order valence-corrected chi connectivity index (χ3v) is 6.00. The number of nitrogens with two attached hydrogens (primary N) is 1. The molecule has 4 rings (SSSR count). The second-order valence-corrected chi connectivity index (χ2v) is 8.20. The van der Waals surface area contributed by atoms with Crippen LogP contribution in [0, 0.1) is 5.82 Å². The molecule has 0 saturated carbocycles. The highest BCUT2D eigenvalue weighted by Crippen LogP contribution is 2.33. The number of carbonyl (C=O) groups excluding carboxylic acids is 1. The van der Waals surface area contributed by atoms with Crippen molar-refractivity contribution in [3.63, 3.8) is 0 Å². The van der Waals surface area contributed by atoms with Crippen molar-refractivity contribution in [3.05, 3.63) is 53.1 Å². The van der Waals surface area contributed by atoms with Gasteiger partial charge < -0.3 is 20.5 Å².